The zero-order chi connectivity index (χ0) is 13.5. The van der Waals surface area contributed by atoms with E-state index in [1.165, 1.54) is 5.56 Å². The van der Waals surface area contributed by atoms with Crippen LogP contribution in [-0.4, -0.2) is 13.3 Å². The number of rotatable bonds is 1. The van der Waals surface area contributed by atoms with Crippen LogP contribution in [0.3, 0.4) is 0 Å². The van der Waals surface area contributed by atoms with Crippen LogP contribution in [0.4, 0.5) is 0 Å². The van der Waals surface area contributed by atoms with Gasteiger partial charge in [-0.15, -0.1) is 0 Å². The molecule has 78 valence electrons. The van der Waals surface area contributed by atoms with Crippen LogP contribution in [0.15, 0.2) is 24.3 Å². The zero-order valence-corrected chi connectivity index (χ0v) is 11.9. The molecule has 0 aliphatic rings. The van der Waals surface area contributed by atoms with Crippen LogP contribution >= 0.6 is 0 Å². The van der Waals surface area contributed by atoms with Gasteiger partial charge in [0.15, 0.2) is 0 Å². The average Bonchev–Trinajstić information content (AvgIpc) is 2.14. The van der Waals surface area contributed by atoms with E-state index in [4.69, 9.17) is 4.11 Å². The predicted molar refractivity (Wildman–Crippen MR) is 68.1 cm³/mol. The van der Waals surface area contributed by atoms with E-state index in [1.807, 2.05) is 29.7 Å². The SMILES string of the molecule is [2H][C]([2H])([2H])[Ge]([CH3])([CH3])[c]1ccccc1C(C)(C)C. The summed E-state index contributed by atoms with van der Waals surface area (Å²) in [5, 5.41) is 0. The van der Waals surface area contributed by atoms with Crippen LogP contribution in [-0.2, 0) is 5.41 Å². The first kappa shape index (κ1) is 7.98. The van der Waals surface area contributed by atoms with Crippen LogP contribution in [0.25, 0.3) is 0 Å². The Morgan fingerprint density at radius 3 is 2.21 bits per heavy atom. The predicted octanol–water partition coefficient (Wildman–Crippen LogP) is 3.53. The third-order valence-corrected chi connectivity index (χ3v) is 6.15. The van der Waals surface area contributed by atoms with Crippen molar-refractivity contribution in [1.82, 2.24) is 0 Å². The van der Waals surface area contributed by atoms with Gasteiger partial charge in [-0.25, -0.2) is 0 Å². The molecule has 0 unspecified atom stereocenters. The molecule has 0 saturated carbocycles. The summed E-state index contributed by atoms with van der Waals surface area (Å²) in [6.07, 6.45) is 0. The summed E-state index contributed by atoms with van der Waals surface area (Å²) in [5.74, 6) is 3.97. The molecule has 1 heteroatoms. The molecule has 0 fully saturated rings. The van der Waals surface area contributed by atoms with Gasteiger partial charge in [-0.3, -0.25) is 0 Å². The second-order valence-corrected chi connectivity index (χ2v) is 13.4. The molecule has 1 aromatic rings. The molecule has 0 nitrogen and oxygen atoms in total. The topological polar surface area (TPSA) is 0 Å². The molecule has 1 rings (SSSR count). The third-order valence-electron chi connectivity index (χ3n) is 2.41. The molecule has 0 amide bonds. The molecule has 0 saturated heterocycles. The molecule has 0 bridgehead atoms. The fourth-order valence-corrected chi connectivity index (χ4v) is 5.13. The van der Waals surface area contributed by atoms with Gasteiger partial charge in [0.2, 0.25) is 0 Å². The van der Waals surface area contributed by atoms with Crippen LogP contribution in [0, 0.1) is 0 Å². The van der Waals surface area contributed by atoms with E-state index in [0.717, 1.165) is 4.40 Å². The normalized spacial score (nSPS) is 17.1. The van der Waals surface area contributed by atoms with E-state index < -0.39 is 19.0 Å². The molecule has 0 N–H and O–H groups in total. The van der Waals surface area contributed by atoms with Crippen molar-refractivity contribution in [1.29, 1.82) is 0 Å². The standard InChI is InChI=1S/C13H22Ge/c1-13(2,3)11-9-7-8-10-12(11)14(4,5)6/h7-10H,1-6H3/i4D3. The van der Waals surface area contributed by atoms with Crippen molar-refractivity contribution in [3.63, 3.8) is 0 Å². The summed E-state index contributed by atoms with van der Waals surface area (Å²) in [6, 6.07) is 8.06. The van der Waals surface area contributed by atoms with Gasteiger partial charge in [0.1, 0.15) is 0 Å². The van der Waals surface area contributed by atoms with Gasteiger partial charge in [0, 0.05) is 0 Å². The molecule has 1 aromatic carbocycles. The molecule has 0 spiro atoms. The molecule has 0 aromatic heterocycles. The quantitative estimate of drug-likeness (QED) is 0.672. The van der Waals surface area contributed by atoms with Crippen LogP contribution in [0.2, 0.25) is 17.2 Å². The first-order valence-corrected chi connectivity index (χ1v) is 11.4. The second kappa shape index (κ2) is 3.73. The van der Waals surface area contributed by atoms with Gasteiger partial charge in [-0.05, 0) is 0 Å². The number of hydrogen-bond donors (Lipinski definition) is 0. The average molecular weight is 254 g/mol. The van der Waals surface area contributed by atoms with E-state index in [-0.39, 0.29) is 5.41 Å². The molecule has 0 heterocycles. The molecule has 14 heavy (non-hydrogen) atoms. The van der Waals surface area contributed by atoms with E-state index in [1.54, 1.807) is 0 Å². The van der Waals surface area contributed by atoms with Gasteiger partial charge in [-0.1, -0.05) is 0 Å². The van der Waals surface area contributed by atoms with E-state index >= 15 is 0 Å². The Morgan fingerprint density at radius 1 is 1.14 bits per heavy atom. The summed E-state index contributed by atoms with van der Waals surface area (Å²) in [6.45, 7) is 6.43. The molecule has 0 aliphatic heterocycles. The minimum absolute atomic E-state index is 0.00433. The van der Waals surface area contributed by atoms with Crippen molar-refractivity contribution in [3.8, 4) is 0 Å². The maximum absolute atomic E-state index is 7.79. The van der Waals surface area contributed by atoms with Crippen LogP contribution in [0.5, 0.6) is 0 Å². The van der Waals surface area contributed by atoms with Crippen molar-refractivity contribution in [2.45, 2.75) is 43.4 Å². The van der Waals surface area contributed by atoms with E-state index in [2.05, 4.69) is 26.8 Å². The van der Waals surface area contributed by atoms with Crippen molar-refractivity contribution >= 4 is 17.7 Å². The Bertz CT molecular complexity index is 400. The van der Waals surface area contributed by atoms with Gasteiger partial charge < -0.3 is 0 Å². The Hall–Kier alpha value is -0.237. The molecular weight excluding hydrogens is 229 g/mol. The fourth-order valence-electron chi connectivity index (χ4n) is 1.68. The van der Waals surface area contributed by atoms with Gasteiger partial charge in [0.05, 0.1) is 0 Å². The Labute approximate surface area is 95.3 Å². The Kier molecular flexibility index (Phi) is 2.12. The molecule has 0 atom stereocenters. The monoisotopic (exact) mass is 255 g/mol. The van der Waals surface area contributed by atoms with Crippen molar-refractivity contribution < 1.29 is 4.11 Å². The van der Waals surface area contributed by atoms with Gasteiger partial charge >= 0.3 is 95.0 Å². The summed E-state index contributed by atoms with van der Waals surface area (Å²) >= 11 is -3.00. The minimum atomic E-state index is -3.00. The summed E-state index contributed by atoms with van der Waals surface area (Å²) < 4.78 is 24.5. The van der Waals surface area contributed by atoms with Crippen LogP contribution < -0.4 is 4.40 Å². The van der Waals surface area contributed by atoms with Gasteiger partial charge in [-0.2, -0.15) is 0 Å². The van der Waals surface area contributed by atoms with Crippen LogP contribution in [0.1, 0.15) is 30.4 Å². The Balaban J connectivity index is 3.43. The second-order valence-electron chi connectivity index (χ2n) is 5.42. The molecule has 0 aliphatic carbocycles. The van der Waals surface area contributed by atoms with Crippen molar-refractivity contribution in [2.75, 3.05) is 0 Å². The molecule has 0 radical (unpaired) electrons. The zero-order valence-electron chi connectivity index (χ0n) is 12.8. The third kappa shape index (κ3) is 2.63. The summed E-state index contributed by atoms with van der Waals surface area (Å²) in [5.41, 5.74) is -0.604. The van der Waals surface area contributed by atoms with Gasteiger partial charge in [0.25, 0.3) is 0 Å². The van der Waals surface area contributed by atoms with Crippen molar-refractivity contribution in [2.24, 2.45) is 0 Å². The molecular formula is C13H22Ge. The Morgan fingerprint density at radius 2 is 1.71 bits per heavy atom. The summed E-state index contributed by atoms with van der Waals surface area (Å²) in [7, 11) is 0. The summed E-state index contributed by atoms with van der Waals surface area (Å²) in [4.78, 5) is 0. The van der Waals surface area contributed by atoms with E-state index in [9.17, 15) is 0 Å². The first-order valence-electron chi connectivity index (χ1n) is 6.58. The number of benzene rings is 1. The first-order chi connectivity index (χ1) is 7.48. The fraction of sp³-hybridized carbons (Fsp3) is 0.538. The van der Waals surface area contributed by atoms with Crippen molar-refractivity contribution in [3.05, 3.63) is 29.8 Å². The van der Waals surface area contributed by atoms with E-state index in [0.29, 0.717) is 0 Å². The maximum atomic E-state index is 7.79. The number of hydrogen-bond acceptors (Lipinski definition) is 0.